The van der Waals surface area contributed by atoms with E-state index in [-0.39, 0.29) is 16.6 Å². The van der Waals surface area contributed by atoms with Gasteiger partial charge in [-0.3, -0.25) is 9.36 Å². The number of sulfone groups is 1. The number of benzene rings is 2. The smallest absolute Gasteiger partial charge is 0.234 e. The highest BCUT2D eigenvalue weighted by molar-refractivity contribution is 7.99. The van der Waals surface area contributed by atoms with Crippen LogP contribution in [-0.2, 0) is 14.6 Å². The second-order valence-corrected chi connectivity index (χ2v) is 12.0. The Morgan fingerprint density at radius 1 is 1.12 bits per heavy atom. The summed E-state index contributed by atoms with van der Waals surface area (Å²) in [4.78, 5) is 12.9. The number of amides is 1. The molecule has 0 saturated heterocycles. The Balaban J connectivity index is 1.53. The molecule has 4 rings (SSSR count). The van der Waals surface area contributed by atoms with Crippen LogP contribution in [0.15, 0.2) is 58.6 Å². The first-order valence-corrected chi connectivity index (χ1v) is 14.3. The lowest BCUT2D eigenvalue weighted by Crippen LogP contribution is -2.23. The Kier molecular flexibility index (Phi) is 7.42. The Morgan fingerprint density at radius 3 is 2.53 bits per heavy atom. The van der Waals surface area contributed by atoms with Crippen LogP contribution in [0.2, 0.25) is 0 Å². The zero-order valence-electron chi connectivity index (χ0n) is 19.7. The Hall–Kier alpha value is -2.65. The van der Waals surface area contributed by atoms with E-state index >= 15 is 0 Å². The molecule has 7 nitrogen and oxygen atoms in total. The highest BCUT2D eigenvalue weighted by atomic mass is 32.2. The van der Waals surface area contributed by atoms with Gasteiger partial charge in [0.1, 0.15) is 0 Å². The zero-order valence-corrected chi connectivity index (χ0v) is 21.3. The molecule has 1 aromatic heterocycles. The van der Waals surface area contributed by atoms with E-state index in [0.717, 1.165) is 29.2 Å². The van der Waals surface area contributed by atoms with Crippen LogP contribution in [0, 0.1) is 12.8 Å². The standard InChI is InChI=1S/C25H30N4O3S2/c1-17-7-6-9-19(15-17)24-27-28-25(29(24)22-10-5-4-8-18(22)2)33-16-23(30)26-20-11-13-21(14-12-20)34(3,31)32/h6-7,9,11-15,18,22H,4-5,8,10,16H2,1-3H3,(H,26,30)/t18-,22+/m0/s1. The van der Waals surface area contributed by atoms with E-state index in [0.29, 0.717) is 17.6 Å². The highest BCUT2D eigenvalue weighted by Gasteiger charge is 2.29. The molecule has 34 heavy (non-hydrogen) atoms. The molecule has 2 aromatic carbocycles. The normalized spacial score (nSPS) is 18.6. The molecule has 0 aliphatic heterocycles. The summed E-state index contributed by atoms with van der Waals surface area (Å²) >= 11 is 1.38. The molecule has 3 aromatic rings. The average molecular weight is 499 g/mol. The van der Waals surface area contributed by atoms with Crippen LogP contribution < -0.4 is 5.32 Å². The van der Waals surface area contributed by atoms with Crippen molar-refractivity contribution in [1.82, 2.24) is 14.8 Å². The first kappa shape index (κ1) is 24.5. The zero-order chi connectivity index (χ0) is 24.3. The highest BCUT2D eigenvalue weighted by Crippen LogP contribution is 2.39. The number of hydrogen-bond donors (Lipinski definition) is 1. The van der Waals surface area contributed by atoms with Crippen molar-refractivity contribution in [3.8, 4) is 11.4 Å². The number of nitrogens with one attached hydrogen (secondary N) is 1. The van der Waals surface area contributed by atoms with Crippen LogP contribution in [0.3, 0.4) is 0 Å². The van der Waals surface area contributed by atoms with Crippen molar-refractivity contribution in [3.05, 3.63) is 54.1 Å². The van der Waals surface area contributed by atoms with Crippen LogP contribution in [0.5, 0.6) is 0 Å². The van der Waals surface area contributed by atoms with Crippen molar-refractivity contribution in [3.63, 3.8) is 0 Å². The molecule has 0 radical (unpaired) electrons. The molecule has 1 fully saturated rings. The minimum absolute atomic E-state index is 0.180. The summed E-state index contributed by atoms with van der Waals surface area (Å²) in [5, 5.41) is 12.6. The third-order valence-corrected chi connectivity index (χ3v) is 8.31. The SMILES string of the molecule is Cc1cccc(-c2nnc(SCC(=O)Nc3ccc(S(C)(=O)=O)cc3)n2[C@@H]2CCCC[C@@H]2C)c1. The topological polar surface area (TPSA) is 94.0 Å². The minimum Gasteiger partial charge on any atom is -0.325 e. The van der Waals surface area contributed by atoms with Crippen molar-refractivity contribution in [2.75, 3.05) is 17.3 Å². The van der Waals surface area contributed by atoms with Crippen LogP contribution in [0.1, 0.15) is 44.2 Å². The second-order valence-electron chi connectivity index (χ2n) is 9.01. The number of aromatic nitrogens is 3. The molecule has 0 unspecified atom stereocenters. The summed E-state index contributed by atoms with van der Waals surface area (Å²) in [5.41, 5.74) is 2.76. The summed E-state index contributed by atoms with van der Waals surface area (Å²) in [7, 11) is -3.27. The molecule has 0 spiro atoms. The van der Waals surface area contributed by atoms with E-state index in [1.165, 1.54) is 48.7 Å². The van der Waals surface area contributed by atoms with Gasteiger partial charge in [0.15, 0.2) is 20.8 Å². The Labute approximate surface area is 205 Å². The fraction of sp³-hybridized carbons (Fsp3) is 0.400. The first-order valence-electron chi connectivity index (χ1n) is 11.5. The predicted molar refractivity (Wildman–Crippen MR) is 136 cm³/mol. The molecule has 1 heterocycles. The monoisotopic (exact) mass is 498 g/mol. The summed E-state index contributed by atoms with van der Waals surface area (Å²) < 4.78 is 25.5. The largest absolute Gasteiger partial charge is 0.325 e. The van der Waals surface area contributed by atoms with Gasteiger partial charge < -0.3 is 5.32 Å². The van der Waals surface area contributed by atoms with Gasteiger partial charge in [-0.15, -0.1) is 10.2 Å². The summed E-state index contributed by atoms with van der Waals surface area (Å²) in [6.07, 6.45) is 5.82. The number of rotatable bonds is 7. The molecule has 1 aliphatic rings. The van der Waals surface area contributed by atoms with Crippen molar-refractivity contribution in [2.45, 2.75) is 55.6 Å². The van der Waals surface area contributed by atoms with Crippen molar-refractivity contribution in [1.29, 1.82) is 0 Å². The molecular formula is C25H30N4O3S2. The predicted octanol–water partition coefficient (Wildman–Crippen LogP) is 5.14. The third-order valence-electron chi connectivity index (χ3n) is 6.24. The average Bonchev–Trinajstić information content (AvgIpc) is 3.21. The van der Waals surface area contributed by atoms with E-state index in [9.17, 15) is 13.2 Å². The molecule has 1 saturated carbocycles. The number of nitrogens with zero attached hydrogens (tertiary/aromatic N) is 3. The number of carbonyl (C=O) groups is 1. The van der Waals surface area contributed by atoms with Crippen molar-refractivity contribution >= 4 is 33.2 Å². The fourth-order valence-corrected chi connectivity index (χ4v) is 5.87. The molecule has 1 amide bonds. The van der Waals surface area contributed by atoms with Gasteiger partial charge in [0.25, 0.3) is 0 Å². The van der Waals surface area contributed by atoms with Gasteiger partial charge >= 0.3 is 0 Å². The lowest BCUT2D eigenvalue weighted by atomic mass is 9.85. The number of thioether (sulfide) groups is 1. The quantitative estimate of drug-likeness (QED) is 0.454. The number of carbonyl (C=O) groups excluding carboxylic acids is 1. The summed E-state index contributed by atoms with van der Waals surface area (Å²) in [6, 6.07) is 14.8. The van der Waals surface area contributed by atoms with Crippen molar-refractivity contribution in [2.24, 2.45) is 5.92 Å². The van der Waals surface area contributed by atoms with E-state index in [1.807, 2.05) is 6.07 Å². The molecule has 9 heteroatoms. The maximum Gasteiger partial charge on any atom is 0.234 e. The molecule has 1 N–H and O–H groups in total. The molecule has 1 aliphatic carbocycles. The van der Waals surface area contributed by atoms with Crippen LogP contribution in [0.4, 0.5) is 5.69 Å². The number of hydrogen-bond acceptors (Lipinski definition) is 6. The van der Waals surface area contributed by atoms with Gasteiger partial charge in [0.2, 0.25) is 5.91 Å². The van der Waals surface area contributed by atoms with Gasteiger partial charge in [-0.25, -0.2) is 8.42 Å². The summed E-state index contributed by atoms with van der Waals surface area (Å²) in [5.74, 6) is 1.36. The van der Waals surface area contributed by atoms with Gasteiger partial charge in [0.05, 0.1) is 10.6 Å². The first-order chi connectivity index (χ1) is 16.2. The maximum absolute atomic E-state index is 12.6. The third kappa shape index (κ3) is 5.70. The molecule has 0 bridgehead atoms. The maximum atomic E-state index is 12.6. The van der Waals surface area contributed by atoms with Crippen LogP contribution in [-0.4, -0.2) is 41.1 Å². The Bertz CT molecular complexity index is 1270. The lowest BCUT2D eigenvalue weighted by Gasteiger charge is -2.31. The van der Waals surface area contributed by atoms with E-state index in [4.69, 9.17) is 0 Å². The number of anilines is 1. The van der Waals surface area contributed by atoms with Crippen LogP contribution >= 0.6 is 11.8 Å². The second kappa shape index (κ2) is 10.3. The summed E-state index contributed by atoms with van der Waals surface area (Å²) in [6.45, 7) is 4.35. The van der Waals surface area contributed by atoms with E-state index in [1.54, 1.807) is 12.1 Å². The van der Waals surface area contributed by atoms with Gasteiger partial charge in [0, 0.05) is 23.5 Å². The lowest BCUT2D eigenvalue weighted by molar-refractivity contribution is -0.113. The van der Waals surface area contributed by atoms with Gasteiger partial charge in [-0.05, 0) is 56.0 Å². The molecule has 180 valence electrons. The van der Waals surface area contributed by atoms with Crippen LogP contribution in [0.25, 0.3) is 11.4 Å². The van der Waals surface area contributed by atoms with Gasteiger partial charge in [-0.1, -0.05) is 55.3 Å². The molecular weight excluding hydrogens is 468 g/mol. The Morgan fingerprint density at radius 2 is 1.85 bits per heavy atom. The van der Waals surface area contributed by atoms with E-state index < -0.39 is 9.84 Å². The van der Waals surface area contributed by atoms with E-state index in [2.05, 4.69) is 52.1 Å². The number of aryl methyl sites for hydroxylation is 1. The minimum atomic E-state index is -3.27. The van der Waals surface area contributed by atoms with Gasteiger partial charge in [-0.2, -0.15) is 0 Å². The van der Waals surface area contributed by atoms with Crippen molar-refractivity contribution < 1.29 is 13.2 Å². The molecule has 2 atom stereocenters. The fourth-order valence-electron chi connectivity index (χ4n) is 4.45.